The topological polar surface area (TPSA) is 133 Å². The molecule has 0 spiro atoms. The van der Waals surface area contributed by atoms with Crippen LogP contribution in [0.3, 0.4) is 0 Å². The Hall–Kier alpha value is -0.690. The Kier molecular flexibility index (Phi) is 8.07. The van der Waals surface area contributed by atoms with E-state index >= 15 is 0 Å². The second-order valence-corrected chi connectivity index (χ2v) is 2.32. The van der Waals surface area contributed by atoms with Crippen molar-refractivity contribution in [3.05, 3.63) is 0 Å². The van der Waals surface area contributed by atoms with E-state index in [1.807, 2.05) is 0 Å². The van der Waals surface area contributed by atoms with E-state index in [0.29, 0.717) is 0 Å². The van der Waals surface area contributed by atoms with Crippen molar-refractivity contribution in [2.24, 2.45) is 0 Å². The van der Waals surface area contributed by atoms with Gasteiger partial charge in [0.05, 0.1) is 25.2 Å². The quantitative estimate of drug-likeness (QED) is 0.359. The fraction of sp³-hybridized carbons (Fsp3) is 0.833. The van der Waals surface area contributed by atoms with Crippen LogP contribution < -0.4 is 6.15 Å². The van der Waals surface area contributed by atoms with Gasteiger partial charge in [-0.1, -0.05) is 0 Å². The molecule has 0 saturated carbocycles. The Morgan fingerprint density at radius 3 is 2.08 bits per heavy atom. The maximum Gasteiger partial charge on any atom is 0.305 e. The zero-order valence-corrected chi connectivity index (χ0v) is 6.68. The number of aliphatic hydroxyl groups is 3. The lowest BCUT2D eigenvalue weighted by molar-refractivity contribution is -0.139. The summed E-state index contributed by atoms with van der Waals surface area (Å²) in [5, 5.41) is 34.1. The SMILES string of the molecule is N.O=C(O)C[C@H](O)C[C@H](O)CO. The molecule has 0 aliphatic heterocycles. The van der Waals surface area contributed by atoms with E-state index in [1.54, 1.807) is 0 Å². The van der Waals surface area contributed by atoms with Gasteiger partial charge in [0.2, 0.25) is 0 Å². The van der Waals surface area contributed by atoms with Crippen LogP contribution >= 0.6 is 0 Å². The lowest BCUT2D eigenvalue weighted by Crippen LogP contribution is -2.22. The summed E-state index contributed by atoms with van der Waals surface area (Å²) in [7, 11) is 0. The van der Waals surface area contributed by atoms with Crippen LogP contribution in [0.2, 0.25) is 0 Å². The summed E-state index contributed by atoms with van der Waals surface area (Å²) in [5.41, 5.74) is 0. The lowest BCUT2D eigenvalue weighted by atomic mass is 10.1. The van der Waals surface area contributed by atoms with Crippen molar-refractivity contribution in [2.75, 3.05) is 6.61 Å². The number of rotatable bonds is 5. The highest BCUT2D eigenvalue weighted by atomic mass is 16.4. The fourth-order valence-corrected chi connectivity index (χ4v) is 0.673. The predicted molar refractivity (Wildman–Crippen MR) is 41.0 cm³/mol. The van der Waals surface area contributed by atoms with Crippen molar-refractivity contribution in [3.8, 4) is 0 Å². The molecule has 0 amide bonds. The summed E-state index contributed by atoms with van der Waals surface area (Å²) in [5.74, 6) is -1.12. The van der Waals surface area contributed by atoms with Crippen LogP contribution in [0.5, 0.6) is 0 Å². The van der Waals surface area contributed by atoms with E-state index in [-0.39, 0.29) is 12.6 Å². The molecule has 6 heteroatoms. The first-order valence-electron chi connectivity index (χ1n) is 3.25. The van der Waals surface area contributed by atoms with Crippen LogP contribution in [0.25, 0.3) is 0 Å². The monoisotopic (exact) mass is 181 g/mol. The maximum atomic E-state index is 9.98. The maximum absolute atomic E-state index is 9.98. The molecule has 0 unspecified atom stereocenters. The average molecular weight is 181 g/mol. The van der Waals surface area contributed by atoms with Crippen molar-refractivity contribution in [1.29, 1.82) is 0 Å². The average Bonchev–Trinajstić information content (AvgIpc) is 1.85. The summed E-state index contributed by atoms with van der Waals surface area (Å²) in [6, 6.07) is 0. The largest absolute Gasteiger partial charge is 0.481 e. The van der Waals surface area contributed by atoms with Gasteiger partial charge in [0, 0.05) is 6.42 Å². The van der Waals surface area contributed by atoms with E-state index in [2.05, 4.69) is 0 Å². The van der Waals surface area contributed by atoms with Crippen LogP contribution in [0.1, 0.15) is 12.8 Å². The van der Waals surface area contributed by atoms with Gasteiger partial charge in [-0.3, -0.25) is 4.79 Å². The predicted octanol–water partition coefficient (Wildman–Crippen LogP) is -1.27. The van der Waals surface area contributed by atoms with Gasteiger partial charge in [0.25, 0.3) is 0 Å². The number of carboxylic acid groups (broad SMARTS) is 1. The number of carbonyl (C=O) groups is 1. The van der Waals surface area contributed by atoms with Crippen LogP contribution in [-0.2, 0) is 4.79 Å². The van der Waals surface area contributed by atoms with Gasteiger partial charge in [-0.15, -0.1) is 0 Å². The van der Waals surface area contributed by atoms with E-state index < -0.39 is 31.2 Å². The Bertz CT molecular complexity index is 129. The molecule has 0 bridgehead atoms. The molecule has 0 aliphatic rings. The molecule has 2 atom stereocenters. The molecule has 6 nitrogen and oxygen atoms in total. The molecule has 0 rings (SSSR count). The van der Waals surface area contributed by atoms with Crippen molar-refractivity contribution >= 4 is 5.97 Å². The zero-order valence-electron chi connectivity index (χ0n) is 6.68. The zero-order chi connectivity index (χ0) is 8.85. The van der Waals surface area contributed by atoms with Crippen molar-refractivity contribution in [1.82, 2.24) is 6.15 Å². The molecule has 0 fully saturated rings. The van der Waals surface area contributed by atoms with E-state index in [0.717, 1.165) is 0 Å². The first-order valence-corrected chi connectivity index (χ1v) is 3.25. The minimum atomic E-state index is -1.12. The second-order valence-electron chi connectivity index (χ2n) is 2.32. The Morgan fingerprint density at radius 2 is 1.75 bits per heavy atom. The van der Waals surface area contributed by atoms with Gasteiger partial charge in [0.15, 0.2) is 0 Å². The smallest absolute Gasteiger partial charge is 0.305 e. The molecule has 12 heavy (non-hydrogen) atoms. The molecule has 74 valence electrons. The van der Waals surface area contributed by atoms with Crippen molar-refractivity contribution in [2.45, 2.75) is 25.0 Å². The van der Waals surface area contributed by atoms with Gasteiger partial charge in [-0.2, -0.15) is 0 Å². The molecule has 7 N–H and O–H groups in total. The van der Waals surface area contributed by atoms with Crippen molar-refractivity contribution in [3.63, 3.8) is 0 Å². The normalized spacial score (nSPS) is 14.6. The summed E-state index contributed by atoms with van der Waals surface area (Å²) < 4.78 is 0. The highest BCUT2D eigenvalue weighted by Crippen LogP contribution is 2.01. The molecule has 0 radical (unpaired) electrons. The first kappa shape index (κ1) is 13.9. The second kappa shape index (κ2) is 6.99. The molecule has 0 heterocycles. The number of hydrogen-bond donors (Lipinski definition) is 5. The molecule has 0 aromatic heterocycles. The van der Waals surface area contributed by atoms with Gasteiger partial charge in [-0.25, -0.2) is 0 Å². The Labute approximate surface area is 70.0 Å². The minimum Gasteiger partial charge on any atom is -0.481 e. The Balaban J connectivity index is 0. The third-order valence-electron chi connectivity index (χ3n) is 1.17. The molecule has 0 saturated heterocycles. The van der Waals surface area contributed by atoms with Crippen LogP contribution in [-0.4, -0.2) is 45.2 Å². The highest BCUT2D eigenvalue weighted by Gasteiger charge is 2.13. The van der Waals surface area contributed by atoms with E-state index in [9.17, 15) is 4.79 Å². The number of hydrogen-bond acceptors (Lipinski definition) is 5. The molecule has 0 aliphatic carbocycles. The van der Waals surface area contributed by atoms with Crippen LogP contribution in [0.4, 0.5) is 0 Å². The molecular weight excluding hydrogens is 166 g/mol. The van der Waals surface area contributed by atoms with Crippen molar-refractivity contribution < 1.29 is 25.2 Å². The van der Waals surface area contributed by atoms with Crippen LogP contribution in [0.15, 0.2) is 0 Å². The summed E-state index contributed by atoms with van der Waals surface area (Å²) in [6.07, 6.45) is -2.64. The standard InChI is InChI=1S/C6H12O5.H3N/c7-3-5(9)1-4(8)2-6(10)11;/h4-5,7-9H,1-3H2,(H,10,11);1H3/t4-,5+;/m1./s1. The fourth-order valence-electron chi connectivity index (χ4n) is 0.673. The first-order chi connectivity index (χ1) is 5.06. The van der Waals surface area contributed by atoms with E-state index in [4.69, 9.17) is 20.4 Å². The van der Waals surface area contributed by atoms with Crippen LogP contribution in [0, 0.1) is 0 Å². The molecule has 0 aromatic rings. The highest BCUT2D eigenvalue weighted by molar-refractivity contribution is 5.67. The van der Waals surface area contributed by atoms with Gasteiger partial charge in [0.1, 0.15) is 0 Å². The van der Waals surface area contributed by atoms with Gasteiger partial charge in [-0.05, 0) is 0 Å². The number of carboxylic acids is 1. The summed E-state index contributed by atoms with van der Waals surface area (Å²) >= 11 is 0. The lowest BCUT2D eigenvalue weighted by Gasteiger charge is -2.10. The Morgan fingerprint density at radius 1 is 1.25 bits per heavy atom. The third kappa shape index (κ3) is 7.42. The molecule has 0 aromatic carbocycles. The van der Waals surface area contributed by atoms with Gasteiger partial charge >= 0.3 is 5.97 Å². The van der Waals surface area contributed by atoms with E-state index in [1.165, 1.54) is 0 Å². The third-order valence-corrected chi connectivity index (χ3v) is 1.17. The molecular formula is C6H15NO5. The summed E-state index contributed by atoms with van der Waals surface area (Å²) in [4.78, 5) is 9.98. The van der Waals surface area contributed by atoms with Gasteiger partial charge < -0.3 is 26.6 Å². The minimum absolute atomic E-state index is 0. The summed E-state index contributed by atoms with van der Waals surface area (Å²) in [6.45, 7) is -0.462. The number of aliphatic hydroxyl groups excluding tert-OH is 3. The number of aliphatic carboxylic acids is 1.